The number of halogens is 1. The first kappa shape index (κ1) is 21.4. The van der Waals surface area contributed by atoms with Crippen molar-refractivity contribution < 1.29 is 14.3 Å². The van der Waals surface area contributed by atoms with E-state index in [1.54, 1.807) is 37.5 Å². The van der Waals surface area contributed by atoms with Gasteiger partial charge in [0.1, 0.15) is 0 Å². The minimum atomic E-state index is -0.143. The summed E-state index contributed by atoms with van der Waals surface area (Å²) >= 11 is 6.20. The molecule has 0 atom stereocenters. The number of ether oxygens (including phenoxy) is 2. The highest BCUT2D eigenvalue weighted by molar-refractivity contribution is 6.32. The molecule has 30 heavy (non-hydrogen) atoms. The number of pyridine rings is 1. The second-order valence-corrected chi connectivity index (χ2v) is 6.97. The van der Waals surface area contributed by atoms with Gasteiger partial charge in [0.2, 0.25) is 5.91 Å². The maximum absolute atomic E-state index is 13.0. The molecule has 154 valence electrons. The summed E-state index contributed by atoms with van der Waals surface area (Å²) in [6.45, 7) is 0.767. The summed E-state index contributed by atoms with van der Waals surface area (Å²) in [6, 6.07) is 18.7. The molecular weight excluding hydrogens is 400 g/mol. The van der Waals surface area contributed by atoms with Crippen molar-refractivity contribution in [3.8, 4) is 11.5 Å². The highest BCUT2D eigenvalue weighted by Crippen LogP contribution is 2.28. The minimum Gasteiger partial charge on any atom is -0.493 e. The molecule has 3 aromatic rings. The number of nitrogens with zero attached hydrogens (tertiary/aromatic N) is 2. The number of rotatable bonds is 8. The minimum absolute atomic E-state index is 0.143. The maximum Gasteiger partial charge on any atom is 0.247 e. The summed E-state index contributed by atoms with van der Waals surface area (Å²) in [4.78, 5) is 19.1. The largest absolute Gasteiger partial charge is 0.493 e. The standard InChI is InChI=1S/C24H23ClN2O3/c1-29-22-12-10-18(15-23(22)30-2)16-27(17-20-8-5-6-14-26-20)24(28)13-11-19-7-3-4-9-21(19)25/h3-15H,16-17H2,1-2H3/b13-11+. The number of carbonyl (C=O) groups excluding carboxylic acids is 1. The van der Waals surface area contributed by atoms with Gasteiger partial charge in [0.05, 0.1) is 26.5 Å². The zero-order valence-corrected chi connectivity index (χ0v) is 17.7. The molecule has 1 aromatic heterocycles. The van der Waals surface area contributed by atoms with Crippen molar-refractivity contribution in [1.29, 1.82) is 0 Å². The Labute approximate surface area is 181 Å². The number of benzene rings is 2. The van der Waals surface area contributed by atoms with Crippen molar-refractivity contribution in [2.45, 2.75) is 13.1 Å². The molecule has 1 amide bonds. The van der Waals surface area contributed by atoms with E-state index >= 15 is 0 Å². The summed E-state index contributed by atoms with van der Waals surface area (Å²) in [7, 11) is 3.18. The fourth-order valence-corrected chi connectivity index (χ4v) is 3.17. The van der Waals surface area contributed by atoms with E-state index in [2.05, 4.69) is 4.98 Å². The van der Waals surface area contributed by atoms with Crippen LogP contribution in [0, 0.1) is 0 Å². The molecule has 0 saturated carbocycles. The van der Waals surface area contributed by atoms with Gasteiger partial charge < -0.3 is 14.4 Å². The van der Waals surface area contributed by atoms with Crippen LogP contribution in [0.3, 0.4) is 0 Å². The molecule has 0 saturated heterocycles. The third-order valence-electron chi connectivity index (χ3n) is 4.52. The van der Waals surface area contributed by atoms with Crippen molar-refractivity contribution in [2.75, 3.05) is 14.2 Å². The van der Waals surface area contributed by atoms with Crippen molar-refractivity contribution >= 4 is 23.6 Å². The molecule has 0 radical (unpaired) electrons. The number of carbonyl (C=O) groups is 1. The first-order valence-corrected chi connectivity index (χ1v) is 9.81. The van der Waals surface area contributed by atoms with Gasteiger partial charge in [-0.2, -0.15) is 0 Å². The molecule has 0 fully saturated rings. The number of methoxy groups -OCH3 is 2. The van der Waals surface area contributed by atoms with Gasteiger partial charge in [-0.25, -0.2) is 0 Å². The summed E-state index contributed by atoms with van der Waals surface area (Å²) in [5.74, 6) is 1.12. The van der Waals surface area contributed by atoms with Crippen LogP contribution in [0.5, 0.6) is 11.5 Å². The zero-order chi connectivity index (χ0) is 21.3. The Balaban J connectivity index is 1.84. The summed E-state index contributed by atoms with van der Waals surface area (Å²) in [5, 5.41) is 0.595. The van der Waals surface area contributed by atoms with Crippen LogP contribution in [0.4, 0.5) is 0 Å². The molecule has 2 aromatic carbocycles. The molecule has 0 bridgehead atoms. The second kappa shape index (κ2) is 10.5. The lowest BCUT2D eigenvalue weighted by molar-refractivity contribution is -0.127. The van der Waals surface area contributed by atoms with Crippen LogP contribution in [0.25, 0.3) is 6.08 Å². The van der Waals surface area contributed by atoms with Gasteiger partial charge in [0.15, 0.2) is 11.5 Å². The van der Waals surface area contributed by atoms with Crippen LogP contribution in [-0.2, 0) is 17.9 Å². The Morgan fingerprint density at radius 2 is 1.77 bits per heavy atom. The van der Waals surface area contributed by atoms with Crippen LogP contribution in [-0.4, -0.2) is 30.0 Å². The van der Waals surface area contributed by atoms with Crippen LogP contribution in [0.15, 0.2) is 72.9 Å². The molecule has 6 heteroatoms. The Morgan fingerprint density at radius 1 is 1.00 bits per heavy atom. The lowest BCUT2D eigenvalue weighted by Crippen LogP contribution is -2.28. The van der Waals surface area contributed by atoms with Gasteiger partial charge in [-0.05, 0) is 47.5 Å². The van der Waals surface area contributed by atoms with Crippen molar-refractivity contribution in [2.24, 2.45) is 0 Å². The van der Waals surface area contributed by atoms with Gasteiger partial charge in [0, 0.05) is 23.8 Å². The normalized spacial score (nSPS) is 10.8. The van der Waals surface area contributed by atoms with E-state index < -0.39 is 0 Å². The van der Waals surface area contributed by atoms with E-state index in [1.165, 1.54) is 6.08 Å². The van der Waals surface area contributed by atoms with Gasteiger partial charge in [-0.3, -0.25) is 9.78 Å². The zero-order valence-electron chi connectivity index (χ0n) is 16.9. The number of hydrogen-bond donors (Lipinski definition) is 0. The maximum atomic E-state index is 13.0. The van der Waals surface area contributed by atoms with E-state index in [1.807, 2.05) is 54.6 Å². The number of aromatic nitrogens is 1. The van der Waals surface area contributed by atoms with Crippen LogP contribution in [0.2, 0.25) is 5.02 Å². The molecule has 3 rings (SSSR count). The molecule has 0 aliphatic rings. The first-order valence-electron chi connectivity index (χ1n) is 9.43. The van der Waals surface area contributed by atoms with Crippen LogP contribution >= 0.6 is 11.6 Å². The Bertz CT molecular complexity index is 1020. The van der Waals surface area contributed by atoms with Gasteiger partial charge in [-0.1, -0.05) is 41.9 Å². The van der Waals surface area contributed by atoms with E-state index in [0.717, 1.165) is 16.8 Å². The Kier molecular flexibility index (Phi) is 7.46. The van der Waals surface area contributed by atoms with E-state index in [4.69, 9.17) is 21.1 Å². The molecule has 1 heterocycles. The first-order chi connectivity index (χ1) is 14.6. The van der Waals surface area contributed by atoms with Crippen molar-refractivity contribution in [3.63, 3.8) is 0 Å². The predicted molar refractivity (Wildman–Crippen MR) is 119 cm³/mol. The summed E-state index contributed by atoms with van der Waals surface area (Å²) in [5.41, 5.74) is 2.51. The van der Waals surface area contributed by atoms with Crippen molar-refractivity contribution in [1.82, 2.24) is 9.88 Å². The van der Waals surface area contributed by atoms with E-state index in [9.17, 15) is 4.79 Å². The predicted octanol–water partition coefficient (Wildman–Crippen LogP) is 4.99. The van der Waals surface area contributed by atoms with Crippen molar-refractivity contribution in [3.05, 3.63) is 94.8 Å². The average Bonchev–Trinajstić information content (AvgIpc) is 2.78. The molecule has 0 aliphatic carbocycles. The summed E-state index contributed by atoms with van der Waals surface area (Å²) < 4.78 is 10.7. The van der Waals surface area contributed by atoms with Gasteiger partial charge >= 0.3 is 0 Å². The molecule has 5 nitrogen and oxygen atoms in total. The van der Waals surface area contributed by atoms with E-state index in [0.29, 0.717) is 29.6 Å². The second-order valence-electron chi connectivity index (χ2n) is 6.56. The molecule has 0 unspecified atom stereocenters. The highest BCUT2D eigenvalue weighted by Gasteiger charge is 2.15. The number of hydrogen-bond acceptors (Lipinski definition) is 4. The Morgan fingerprint density at radius 3 is 2.47 bits per heavy atom. The lowest BCUT2D eigenvalue weighted by Gasteiger charge is -2.22. The third-order valence-corrected chi connectivity index (χ3v) is 4.87. The quantitative estimate of drug-likeness (QED) is 0.479. The molecule has 0 N–H and O–H groups in total. The summed E-state index contributed by atoms with van der Waals surface area (Å²) in [6.07, 6.45) is 4.98. The smallest absolute Gasteiger partial charge is 0.247 e. The molecule has 0 aliphatic heterocycles. The van der Waals surface area contributed by atoms with Crippen LogP contribution in [0.1, 0.15) is 16.8 Å². The highest BCUT2D eigenvalue weighted by atomic mass is 35.5. The topological polar surface area (TPSA) is 51.7 Å². The SMILES string of the molecule is COc1ccc(CN(Cc2ccccn2)C(=O)/C=C/c2ccccc2Cl)cc1OC. The number of amides is 1. The fourth-order valence-electron chi connectivity index (χ4n) is 2.98. The van der Waals surface area contributed by atoms with Crippen LogP contribution < -0.4 is 9.47 Å². The Hall–Kier alpha value is -3.31. The lowest BCUT2D eigenvalue weighted by atomic mass is 10.1. The molecule has 0 spiro atoms. The van der Waals surface area contributed by atoms with E-state index in [-0.39, 0.29) is 5.91 Å². The average molecular weight is 423 g/mol. The monoisotopic (exact) mass is 422 g/mol. The molecular formula is C24H23ClN2O3. The third kappa shape index (κ3) is 5.61. The van der Waals surface area contributed by atoms with Gasteiger partial charge in [-0.15, -0.1) is 0 Å². The fraction of sp³-hybridized carbons (Fsp3) is 0.167. The van der Waals surface area contributed by atoms with Gasteiger partial charge in [0.25, 0.3) is 0 Å².